The lowest BCUT2D eigenvalue weighted by Gasteiger charge is -2.09. The predicted molar refractivity (Wildman–Crippen MR) is 110 cm³/mol. The van der Waals surface area contributed by atoms with E-state index in [-0.39, 0.29) is 6.54 Å². The Morgan fingerprint density at radius 2 is 1.90 bits per heavy atom. The van der Waals surface area contributed by atoms with E-state index < -0.39 is 11.7 Å². The number of carbonyl (C=O) groups excluding carboxylic acids is 1. The molecule has 2 aromatic heterocycles. The number of benzene rings is 2. The highest BCUT2D eigenvalue weighted by molar-refractivity contribution is 7.97. The highest BCUT2D eigenvalue weighted by atomic mass is 32.2. The highest BCUT2D eigenvalue weighted by Crippen LogP contribution is 2.35. The van der Waals surface area contributed by atoms with Crippen LogP contribution in [0.1, 0.15) is 5.56 Å². The summed E-state index contributed by atoms with van der Waals surface area (Å²) in [6.07, 6.45) is 1.62. The molecule has 154 valence electrons. The number of alkyl halides is 3. The monoisotopic (exact) mass is 430 g/mol. The third kappa shape index (κ3) is 3.86. The van der Waals surface area contributed by atoms with Gasteiger partial charge < -0.3 is 13.9 Å². The Balaban J connectivity index is 1.86. The molecule has 0 aliphatic rings. The Kier molecular flexibility index (Phi) is 5.40. The van der Waals surface area contributed by atoms with Crippen molar-refractivity contribution in [1.82, 2.24) is 18.8 Å². The average Bonchev–Trinajstić information content (AvgIpc) is 3.32. The Morgan fingerprint density at radius 1 is 1.13 bits per heavy atom. The van der Waals surface area contributed by atoms with E-state index in [4.69, 9.17) is 0 Å². The van der Waals surface area contributed by atoms with Gasteiger partial charge in [-0.1, -0.05) is 0 Å². The highest BCUT2D eigenvalue weighted by Gasteiger charge is 2.30. The molecule has 0 saturated carbocycles. The molecule has 2 heterocycles. The normalized spacial score (nSPS) is 11.9. The first-order valence-electron chi connectivity index (χ1n) is 9.03. The van der Waals surface area contributed by atoms with Gasteiger partial charge in [0.2, 0.25) is 0 Å². The van der Waals surface area contributed by atoms with Gasteiger partial charge in [-0.3, -0.25) is 4.72 Å². The van der Waals surface area contributed by atoms with Crippen molar-refractivity contribution in [3.05, 3.63) is 66.7 Å². The SMILES string of the molecule is CNSc1ccc2c(c1)c(-c1cn(CC=O)cn1)cn2-c1ccc(C(F)(F)F)cc1. The molecule has 5 nitrogen and oxygen atoms in total. The van der Waals surface area contributed by atoms with Crippen LogP contribution in [0.25, 0.3) is 27.8 Å². The molecule has 0 unspecified atom stereocenters. The molecule has 0 spiro atoms. The van der Waals surface area contributed by atoms with Crippen LogP contribution in [-0.4, -0.2) is 27.5 Å². The number of aldehydes is 1. The van der Waals surface area contributed by atoms with Crippen LogP contribution in [-0.2, 0) is 17.5 Å². The Morgan fingerprint density at radius 3 is 2.57 bits per heavy atom. The summed E-state index contributed by atoms with van der Waals surface area (Å²) in [6.45, 7) is 0.200. The topological polar surface area (TPSA) is 51.9 Å². The van der Waals surface area contributed by atoms with Crippen LogP contribution < -0.4 is 4.72 Å². The molecule has 0 aliphatic heterocycles. The number of imidazole rings is 1. The number of nitrogens with one attached hydrogen (secondary N) is 1. The molecular formula is C21H17F3N4OS. The zero-order valence-electron chi connectivity index (χ0n) is 15.8. The Hall–Kier alpha value is -3.04. The van der Waals surface area contributed by atoms with Gasteiger partial charge in [0.15, 0.2) is 0 Å². The van der Waals surface area contributed by atoms with Crippen LogP contribution in [0.3, 0.4) is 0 Å². The number of carbonyl (C=O) groups is 1. The van der Waals surface area contributed by atoms with Crippen LogP contribution in [0.5, 0.6) is 0 Å². The van der Waals surface area contributed by atoms with Crippen LogP contribution in [0.15, 0.2) is 66.1 Å². The first kappa shape index (κ1) is 20.2. The molecule has 0 saturated heterocycles. The minimum absolute atomic E-state index is 0.200. The smallest absolute Gasteiger partial charge is 0.330 e. The van der Waals surface area contributed by atoms with Gasteiger partial charge in [-0.25, -0.2) is 4.98 Å². The molecule has 0 aliphatic carbocycles. The summed E-state index contributed by atoms with van der Waals surface area (Å²) in [6, 6.07) is 10.9. The third-order valence-electron chi connectivity index (χ3n) is 4.66. The number of nitrogens with zero attached hydrogens (tertiary/aromatic N) is 3. The van der Waals surface area contributed by atoms with Gasteiger partial charge in [-0.2, -0.15) is 13.2 Å². The van der Waals surface area contributed by atoms with Crippen molar-refractivity contribution in [2.45, 2.75) is 17.6 Å². The Labute approximate surface area is 174 Å². The first-order valence-corrected chi connectivity index (χ1v) is 9.84. The zero-order chi connectivity index (χ0) is 21.3. The maximum absolute atomic E-state index is 12.9. The number of rotatable bonds is 6. The van der Waals surface area contributed by atoms with Crippen molar-refractivity contribution in [3.8, 4) is 16.9 Å². The summed E-state index contributed by atoms with van der Waals surface area (Å²) in [4.78, 5) is 16.2. The lowest BCUT2D eigenvalue weighted by Crippen LogP contribution is -2.04. The standard InChI is InChI=1S/C21H17F3N4OS/c1-25-30-16-6-7-20-17(10-16)18(19-12-27(8-9-29)13-26-19)11-28(20)15-4-2-14(3-5-15)21(22,23)24/h2-7,9-13,25H,8H2,1H3. The van der Waals surface area contributed by atoms with Crippen molar-refractivity contribution in [2.75, 3.05) is 7.05 Å². The van der Waals surface area contributed by atoms with Gasteiger partial charge in [-0.05, 0) is 61.5 Å². The second-order valence-corrected chi connectivity index (χ2v) is 7.65. The van der Waals surface area contributed by atoms with Crippen molar-refractivity contribution in [1.29, 1.82) is 0 Å². The first-order chi connectivity index (χ1) is 14.4. The molecule has 0 fully saturated rings. The zero-order valence-corrected chi connectivity index (χ0v) is 16.7. The van der Waals surface area contributed by atoms with Crippen LogP contribution in [0.2, 0.25) is 0 Å². The van der Waals surface area contributed by atoms with E-state index in [0.717, 1.165) is 39.8 Å². The molecule has 0 bridgehead atoms. The summed E-state index contributed by atoms with van der Waals surface area (Å²) >= 11 is 1.46. The average molecular weight is 430 g/mol. The lowest BCUT2D eigenvalue weighted by atomic mass is 10.1. The van der Waals surface area contributed by atoms with Gasteiger partial charge in [0.1, 0.15) is 6.29 Å². The van der Waals surface area contributed by atoms with E-state index in [9.17, 15) is 18.0 Å². The Bertz CT molecular complexity index is 1200. The number of hydrogen-bond acceptors (Lipinski definition) is 4. The summed E-state index contributed by atoms with van der Waals surface area (Å²) in [5.74, 6) is 0. The number of fused-ring (bicyclic) bond motifs is 1. The molecule has 4 aromatic rings. The van der Waals surface area contributed by atoms with Crippen molar-refractivity contribution in [2.24, 2.45) is 0 Å². The fourth-order valence-corrected chi connectivity index (χ4v) is 3.85. The third-order valence-corrected chi connectivity index (χ3v) is 5.36. The summed E-state index contributed by atoms with van der Waals surface area (Å²) in [5.41, 5.74) is 2.27. The summed E-state index contributed by atoms with van der Waals surface area (Å²) < 4.78 is 45.3. The minimum Gasteiger partial charge on any atom is -0.330 e. The van der Waals surface area contributed by atoms with Crippen molar-refractivity contribution in [3.63, 3.8) is 0 Å². The maximum Gasteiger partial charge on any atom is 0.416 e. The largest absolute Gasteiger partial charge is 0.416 e. The molecule has 4 rings (SSSR count). The molecule has 0 atom stereocenters. The molecule has 1 N–H and O–H groups in total. The van der Waals surface area contributed by atoms with Crippen molar-refractivity contribution < 1.29 is 18.0 Å². The maximum atomic E-state index is 12.9. The fourth-order valence-electron chi connectivity index (χ4n) is 3.30. The molecule has 30 heavy (non-hydrogen) atoms. The van der Waals surface area contributed by atoms with E-state index in [0.29, 0.717) is 11.4 Å². The fraction of sp³-hybridized carbons (Fsp3) is 0.143. The number of hydrogen-bond donors (Lipinski definition) is 1. The van der Waals surface area contributed by atoms with Gasteiger partial charge >= 0.3 is 6.18 Å². The van der Waals surface area contributed by atoms with Crippen molar-refractivity contribution >= 4 is 29.1 Å². The quantitative estimate of drug-likeness (QED) is 0.348. The van der Waals surface area contributed by atoms with Gasteiger partial charge in [0.25, 0.3) is 0 Å². The number of aromatic nitrogens is 3. The second-order valence-electron chi connectivity index (χ2n) is 6.56. The minimum atomic E-state index is -4.38. The second kappa shape index (κ2) is 8.00. The molecule has 0 radical (unpaired) electrons. The summed E-state index contributed by atoms with van der Waals surface area (Å²) in [5, 5.41) is 0.909. The molecule has 2 aromatic carbocycles. The van der Waals surface area contributed by atoms with E-state index in [1.807, 2.05) is 36.0 Å². The van der Waals surface area contributed by atoms with Gasteiger partial charge in [0.05, 0.1) is 29.6 Å². The van der Waals surface area contributed by atoms with Gasteiger partial charge in [-0.15, -0.1) is 0 Å². The van der Waals surface area contributed by atoms with E-state index >= 15 is 0 Å². The van der Waals surface area contributed by atoms with Crippen LogP contribution in [0, 0.1) is 0 Å². The molecular weight excluding hydrogens is 413 g/mol. The van der Waals surface area contributed by atoms with E-state index in [1.165, 1.54) is 24.1 Å². The molecule has 9 heteroatoms. The van der Waals surface area contributed by atoms with E-state index in [1.54, 1.807) is 17.1 Å². The summed E-state index contributed by atoms with van der Waals surface area (Å²) in [7, 11) is 1.82. The lowest BCUT2D eigenvalue weighted by molar-refractivity contribution is -0.137. The number of halogens is 3. The van der Waals surface area contributed by atoms with Crippen LogP contribution in [0.4, 0.5) is 13.2 Å². The van der Waals surface area contributed by atoms with E-state index in [2.05, 4.69) is 9.71 Å². The molecule has 0 amide bonds. The predicted octanol–water partition coefficient (Wildman–Crippen LogP) is 4.94. The van der Waals surface area contributed by atoms with Crippen LogP contribution >= 0.6 is 11.9 Å². The van der Waals surface area contributed by atoms with Gasteiger partial charge in [0, 0.05) is 33.9 Å².